The first-order valence-electron chi connectivity index (χ1n) is 5.80. The van der Waals surface area contributed by atoms with Gasteiger partial charge >= 0.3 is 6.03 Å². The molecule has 1 aliphatic rings. The highest BCUT2D eigenvalue weighted by atomic mass is 32.1. The molecule has 18 heavy (non-hydrogen) atoms. The summed E-state index contributed by atoms with van der Waals surface area (Å²) in [5.41, 5.74) is 3.53. The highest BCUT2D eigenvalue weighted by molar-refractivity contribution is 7.16. The van der Waals surface area contributed by atoms with Crippen molar-refractivity contribution in [2.24, 2.45) is 0 Å². The molecule has 1 saturated heterocycles. The zero-order chi connectivity index (χ0) is 12.4. The van der Waals surface area contributed by atoms with Crippen LogP contribution in [-0.4, -0.2) is 30.3 Å². The van der Waals surface area contributed by atoms with Crippen molar-refractivity contribution >= 4 is 33.3 Å². The van der Waals surface area contributed by atoms with Crippen LogP contribution in [0, 0.1) is 0 Å². The van der Waals surface area contributed by atoms with Gasteiger partial charge < -0.3 is 15.4 Å². The van der Waals surface area contributed by atoms with Crippen LogP contribution in [-0.2, 0) is 4.74 Å². The second-order valence-corrected chi connectivity index (χ2v) is 5.08. The molecule has 5 nitrogen and oxygen atoms in total. The van der Waals surface area contributed by atoms with E-state index in [0.717, 1.165) is 28.9 Å². The number of nitrogens with zero attached hydrogens (tertiary/aromatic N) is 1. The van der Waals surface area contributed by atoms with Gasteiger partial charge in [-0.3, -0.25) is 0 Å². The van der Waals surface area contributed by atoms with Gasteiger partial charge in [-0.25, -0.2) is 9.78 Å². The number of benzene rings is 1. The fourth-order valence-electron chi connectivity index (χ4n) is 1.93. The number of hydrogen-bond donors (Lipinski definition) is 2. The molecular formula is C12H13N3O2S. The molecule has 3 rings (SSSR count). The number of carbonyl (C=O) groups is 1. The zero-order valence-electron chi connectivity index (χ0n) is 9.68. The summed E-state index contributed by atoms with van der Waals surface area (Å²) in [5, 5.41) is 5.71. The predicted octanol–water partition coefficient (Wildman–Crippen LogP) is 2.21. The molecule has 1 aliphatic heterocycles. The number of ether oxygens (including phenoxy) is 1. The topological polar surface area (TPSA) is 63.2 Å². The lowest BCUT2D eigenvalue weighted by Crippen LogP contribution is -2.38. The first kappa shape index (κ1) is 11.4. The summed E-state index contributed by atoms with van der Waals surface area (Å²) in [6.07, 6.45) is 0.876. The third-order valence-corrected chi connectivity index (χ3v) is 3.65. The standard InChI is InChI=1S/C12H13N3O2S/c16-12(15-9-3-4-17-6-9)14-8-1-2-10-11(5-8)18-7-13-10/h1-2,5,7,9H,3-4,6H2,(H2,14,15,16). The molecule has 0 radical (unpaired) electrons. The van der Waals surface area contributed by atoms with Crippen LogP contribution in [0.1, 0.15) is 6.42 Å². The molecule has 2 heterocycles. The van der Waals surface area contributed by atoms with E-state index in [9.17, 15) is 4.79 Å². The maximum Gasteiger partial charge on any atom is 0.319 e. The largest absolute Gasteiger partial charge is 0.379 e. The second kappa shape index (κ2) is 4.91. The van der Waals surface area contributed by atoms with Crippen molar-refractivity contribution < 1.29 is 9.53 Å². The predicted molar refractivity (Wildman–Crippen MR) is 71.0 cm³/mol. The smallest absolute Gasteiger partial charge is 0.319 e. The van der Waals surface area contributed by atoms with E-state index in [4.69, 9.17) is 4.74 Å². The van der Waals surface area contributed by atoms with Crippen molar-refractivity contribution in [3.8, 4) is 0 Å². The zero-order valence-corrected chi connectivity index (χ0v) is 10.5. The molecule has 1 aromatic heterocycles. The van der Waals surface area contributed by atoms with Gasteiger partial charge in [-0.05, 0) is 24.6 Å². The van der Waals surface area contributed by atoms with Crippen molar-refractivity contribution in [2.45, 2.75) is 12.5 Å². The van der Waals surface area contributed by atoms with E-state index in [0.29, 0.717) is 6.61 Å². The summed E-state index contributed by atoms with van der Waals surface area (Å²) in [4.78, 5) is 15.9. The highest BCUT2D eigenvalue weighted by Gasteiger charge is 2.17. The Morgan fingerprint density at radius 2 is 2.44 bits per heavy atom. The molecule has 2 N–H and O–H groups in total. The molecule has 2 aromatic rings. The van der Waals surface area contributed by atoms with Crippen molar-refractivity contribution in [2.75, 3.05) is 18.5 Å². The summed E-state index contributed by atoms with van der Waals surface area (Å²) < 4.78 is 6.27. The monoisotopic (exact) mass is 263 g/mol. The van der Waals surface area contributed by atoms with Crippen molar-refractivity contribution in [1.29, 1.82) is 0 Å². The van der Waals surface area contributed by atoms with Crippen LogP contribution in [0.2, 0.25) is 0 Å². The first-order valence-corrected chi connectivity index (χ1v) is 6.68. The Balaban J connectivity index is 1.65. The van der Waals surface area contributed by atoms with Crippen molar-refractivity contribution in [3.05, 3.63) is 23.7 Å². The molecular weight excluding hydrogens is 250 g/mol. The number of hydrogen-bond acceptors (Lipinski definition) is 4. The third kappa shape index (κ3) is 2.44. The fraction of sp³-hybridized carbons (Fsp3) is 0.333. The van der Waals surface area contributed by atoms with Crippen LogP contribution in [0.25, 0.3) is 10.2 Å². The summed E-state index contributed by atoms with van der Waals surface area (Å²) >= 11 is 1.56. The quantitative estimate of drug-likeness (QED) is 0.873. The van der Waals surface area contributed by atoms with Gasteiger partial charge in [-0.1, -0.05) is 0 Å². The molecule has 1 atom stereocenters. The van der Waals surface area contributed by atoms with E-state index in [1.807, 2.05) is 18.2 Å². The maximum absolute atomic E-state index is 11.8. The van der Waals surface area contributed by atoms with Gasteiger partial charge in [-0.15, -0.1) is 11.3 Å². The summed E-state index contributed by atoms with van der Waals surface area (Å²) in [5.74, 6) is 0. The number of nitrogens with one attached hydrogen (secondary N) is 2. The SMILES string of the molecule is O=C(Nc1ccc2ncsc2c1)NC1CCOC1. The number of carbonyl (C=O) groups excluding carboxylic acids is 1. The maximum atomic E-state index is 11.8. The number of anilines is 1. The van der Waals surface area contributed by atoms with Crippen LogP contribution >= 0.6 is 11.3 Å². The Kier molecular flexibility index (Phi) is 3.12. The molecule has 1 fully saturated rings. The third-order valence-electron chi connectivity index (χ3n) is 2.85. The van der Waals surface area contributed by atoms with Gasteiger partial charge in [-0.2, -0.15) is 0 Å². The van der Waals surface area contributed by atoms with Crippen molar-refractivity contribution in [3.63, 3.8) is 0 Å². The molecule has 94 valence electrons. The van der Waals surface area contributed by atoms with E-state index in [1.165, 1.54) is 0 Å². The van der Waals surface area contributed by atoms with Gasteiger partial charge in [0, 0.05) is 12.3 Å². The molecule has 0 spiro atoms. The second-order valence-electron chi connectivity index (χ2n) is 4.19. The van der Waals surface area contributed by atoms with E-state index in [2.05, 4.69) is 15.6 Å². The number of amides is 2. The van der Waals surface area contributed by atoms with Gasteiger partial charge in [0.25, 0.3) is 0 Å². The Hall–Kier alpha value is -1.66. The van der Waals surface area contributed by atoms with E-state index >= 15 is 0 Å². The van der Waals surface area contributed by atoms with Gasteiger partial charge in [0.15, 0.2) is 0 Å². The van der Waals surface area contributed by atoms with E-state index < -0.39 is 0 Å². The summed E-state index contributed by atoms with van der Waals surface area (Å²) in [6, 6.07) is 5.62. The minimum Gasteiger partial charge on any atom is -0.379 e. The molecule has 2 amide bonds. The minimum absolute atomic E-state index is 0.122. The molecule has 0 bridgehead atoms. The number of urea groups is 1. The molecule has 0 aliphatic carbocycles. The molecule has 6 heteroatoms. The molecule has 0 saturated carbocycles. The number of aromatic nitrogens is 1. The summed E-state index contributed by atoms with van der Waals surface area (Å²) in [7, 11) is 0. The van der Waals surface area contributed by atoms with Gasteiger partial charge in [0.05, 0.1) is 28.4 Å². The summed E-state index contributed by atoms with van der Waals surface area (Å²) in [6.45, 7) is 1.32. The van der Waals surface area contributed by atoms with Gasteiger partial charge in [0.2, 0.25) is 0 Å². The minimum atomic E-state index is -0.186. The average molecular weight is 263 g/mol. The van der Waals surface area contributed by atoms with Crippen LogP contribution in [0.4, 0.5) is 10.5 Å². The van der Waals surface area contributed by atoms with Crippen LogP contribution < -0.4 is 10.6 Å². The Bertz CT molecular complexity index is 563. The lowest BCUT2D eigenvalue weighted by Gasteiger charge is -2.11. The fourth-order valence-corrected chi connectivity index (χ4v) is 2.65. The van der Waals surface area contributed by atoms with E-state index in [-0.39, 0.29) is 12.1 Å². The first-order chi connectivity index (χ1) is 8.81. The Labute approximate surface area is 108 Å². The van der Waals surface area contributed by atoms with Crippen LogP contribution in [0.15, 0.2) is 23.7 Å². The number of fused-ring (bicyclic) bond motifs is 1. The van der Waals surface area contributed by atoms with Gasteiger partial charge in [0.1, 0.15) is 0 Å². The normalized spacial score (nSPS) is 19.0. The lowest BCUT2D eigenvalue weighted by molar-refractivity contribution is 0.189. The Morgan fingerprint density at radius 1 is 1.50 bits per heavy atom. The average Bonchev–Trinajstić information content (AvgIpc) is 2.98. The van der Waals surface area contributed by atoms with Crippen molar-refractivity contribution in [1.82, 2.24) is 10.3 Å². The highest BCUT2D eigenvalue weighted by Crippen LogP contribution is 2.21. The number of thiazole rings is 1. The Morgan fingerprint density at radius 3 is 3.28 bits per heavy atom. The lowest BCUT2D eigenvalue weighted by atomic mass is 10.2. The molecule has 1 unspecified atom stereocenters. The van der Waals surface area contributed by atoms with Crippen LogP contribution in [0.5, 0.6) is 0 Å². The van der Waals surface area contributed by atoms with Crippen LogP contribution in [0.3, 0.4) is 0 Å². The van der Waals surface area contributed by atoms with E-state index in [1.54, 1.807) is 16.8 Å². The molecule has 1 aromatic carbocycles. The number of rotatable bonds is 2.